The zero-order valence-corrected chi connectivity index (χ0v) is 11.0. The third-order valence-electron chi connectivity index (χ3n) is 2.77. The van der Waals surface area contributed by atoms with Gasteiger partial charge in [0, 0.05) is 12.2 Å². The molecule has 104 valence electrons. The molecule has 0 radical (unpaired) electrons. The number of oxime groups is 1. The summed E-state index contributed by atoms with van der Waals surface area (Å²) in [6, 6.07) is 1.73. The lowest BCUT2D eigenvalue weighted by Crippen LogP contribution is -2.16. The highest BCUT2D eigenvalue weighted by Crippen LogP contribution is 2.36. The van der Waals surface area contributed by atoms with Gasteiger partial charge in [-0.1, -0.05) is 5.16 Å². The first kappa shape index (κ1) is 12.7. The molecule has 2 aromatic heterocycles. The van der Waals surface area contributed by atoms with Crippen molar-refractivity contribution in [3.63, 3.8) is 0 Å². The summed E-state index contributed by atoms with van der Waals surface area (Å²) >= 11 is 1.15. The van der Waals surface area contributed by atoms with E-state index in [2.05, 4.69) is 25.3 Å². The molecule has 10 heteroatoms. The van der Waals surface area contributed by atoms with Crippen molar-refractivity contribution < 1.29 is 5.21 Å². The predicted octanol–water partition coefficient (Wildman–Crippen LogP) is -0.0580. The average Bonchev–Trinajstić information content (AvgIpc) is 3.23. The lowest BCUT2D eigenvalue weighted by Gasteiger charge is -2.03. The molecule has 1 aliphatic carbocycles. The van der Waals surface area contributed by atoms with E-state index in [1.165, 1.54) is 12.3 Å². The van der Waals surface area contributed by atoms with Crippen LogP contribution >= 0.6 is 11.8 Å². The van der Waals surface area contributed by atoms with Gasteiger partial charge in [-0.15, -0.1) is 5.10 Å². The molecule has 1 fully saturated rings. The summed E-state index contributed by atoms with van der Waals surface area (Å²) in [6.45, 7) is 0. The van der Waals surface area contributed by atoms with Crippen LogP contribution in [0.15, 0.2) is 32.5 Å². The minimum absolute atomic E-state index is 0.101. The van der Waals surface area contributed by atoms with Crippen molar-refractivity contribution >= 4 is 17.6 Å². The largest absolute Gasteiger partial charge is 0.409 e. The number of nitrogens with zero attached hydrogens (tertiary/aromatic N) is 5. The molecule has 2 aromatic rings. The Labute approximate surface area is 116 Å². The number of H-pyrrole nitrogens is 1. The molecule has 0 amide bonds. The second-order valence-corrected chi connectivity index (χ2v) is 5.16. The van der Waals surface area contributed by atoms with Crippen LogP contribution in [0.1, 0.15) is 24.6 Å². The topological polar surface area (TPSA) is 135 Å². The maximum Gasteiger partial charge on any atom is 0.344 e. The van der Waals surface area contributed by atoms with Gasteiger partial charge in [0.1, 0.15) is 5.69 Å². The second kappa shape index (κ2) is 4.96. The van der Waals surface area contributed by atoms with Gasteiger partial charge in [-0.3, -0.25) is 4.57 Å². The van der Waals surface area contributed by atoms with Crippen molar-refractivity contribution in [2.24, 2.45) is 10.9 Å². The summed E-state index contributed by atoms with van der Waals surface area (Å²) in [5, 5.41) is 18.8. The molecule has 4 N–H and O–H groups in total. The predicted molar refractivity (Wildman–Crippen MR) is 69.8 cm³/mol. The number of hydrogen-bond donors (Lipinski definition) is 3. The van der Waals surface area contributed by atoms with E-state index in [0.717, 1.165) is 24.6 Å². The minimum Gasteiger partial charge on any atom is -0.409 e. The van der Waals surface area contributed by atoms with Crippen LogP contribution in [-0.2, 0) is 0 Å². The van der Waals surface area contributed by atoms with Crippen molar-refractivity contribution in [3.8, 4) is 0 Å². The van der Waals surface area contributed by atoms with Crippen LogP contribution in [-0.4, -0.2) is 35.8 Å². The fourth-order valence-corrected chi connectivity index (χ4v) is 2.52. The average molecular weight is 293 g/mol. The zero-order valence-electron chi connectivity index (χ0n) is 10.2. The number of nitrogens with two attached hydrogens (primary N) is 1. The highest BCUT2D eigenvalue weighted by atomic mass is 32.2. The molecule has 0 atom stereocenters. The summed E-state index contributed by atoms with van der Waals surface area (Å²) in [4.78, 5) is 19.9. The fourth-order valence-electron chi connectivity index (χ4n) is 1.68. The Morgan fingerprint density at radius 2 is 2.40 bits per heavy atom. The molecule has 0 spiro atoms. The molecule has 0 aliphatic heterocycles. The lowest BCUT2D eigenvalue weighted by molar-refractivity contribution is 0.318. The molecule has 20 heavy (non-hydrogen) atoms. The van der Waals surface area contributed by atoms with E-state index in [1.54, 1.807) is 4.57 Å². The van der Waals surface area contributed by atoms with E-state index in [0.29, 0.717) is 16.0 Å². The molecule has 2 heterocycles. The molecule has 9 nitrogen and oxygen atoms in total. The van der Waals surface area contributed by atoms with Gasteiger partial charge in [0.05, 0.1) is 0 Å². The summed E-state index contributed by atoms with van der Waals surface area (Å²) in [7, 11) is 0. The number of rotatable bonds is 4. The molecule has 0 unspecified atom stereocenters. The van der Waals surface area contributed by atoms with Crippen molar-refractivity contribution in [2.45, 2.75) is 29.2 Å². The summed E-state index contributed by atoms with van der Waals surface area (Å²) in [5.74, 6) is -0.101. The second-order valence-electron chi connectivity index (χ2n) is 4.22. The number of aromatic amines is 1. The Balaban J connectivity index is 1.90. The summed E-state index contributed by atoms with van der Waals surface area (Å²) in [6.07, 6.45) is 3.44. The van der Waals surface area contributed by atoms with Crippen LogP contribution < -0.4 is 11.4 Å². The van der Waals surface area contributed by atoms with Gasteiger partial charge in [-0.25, -0.2) is 19.9 Å². The van der Waals surface area contributed by atoms with Gasteiger partial charge in [0.15, 0.2) is 16.1 Å². The Morgan fingerprint density at radius 1 is 1.60 bits per heavy atom. The highest BCUT2D eigenvalue weighted by molar-refractivity contribution is 7.99. The van der Waals surface area contributed by atoms with Crippen molar-refractivity contribution in [2.75, 3.05) is 0 Å². The molecule has 1 saturated carbocycles. The Hall–Kier alpha value is -2.36. The highest BCUT2D eigenvalue weighted by Gasteiger charge is 2.29. The fraction of sp³-hybridized carbons (Fsp3) is 0.300. The van der Waals surface area contributed by atoms with Crippen LogP contribution in [0, 0.1) is 0 Å². The molecular formula is C10H11N7O2S. The van der Waals surface area contributed by atoms with Gasteiger partial charge in [-0.2, -0.15) is 0 Å². The molecule has 0 aromatic carbocycles. The quantitative estimate of drug-likeness (QED) is 0.236. The van der Waals surface area contributed by atoms with Crippen LogP contribution in [0.3, 0.4) is 0 Å². The van der Waals surface area contributed by atoms with Crippen molar-refractivity contribution in [1.29, 1.82) is 0 Å². The number of amidine groups is 1. The minimum atomic E-state index is -0.234. The van der Waals surface area contributed by atoms with Crippen molar-refractivity contribution in [1.82, 2.24) is 24.7 Å². The van der Waals surface area contributed by atoms with Gasteiger partial charge in [-0.05, 0) is 30.7 Å². The molecule has 0 bridgehead atoms. The number of nitrogens with one attached hydrogen (secondary N) is 1. The number of aromatic nitrogens is 5. The van der Waals surface area contributed by atoms with Crippen molar-refractivity contribution in [3.05, 3.63) is 28.4 Å². The molecular weight excluding hydrogens is 282 g/mol. The first-order valence-corrected chi connectivity index (χ1v) is 6.66. The van der Waals surface area contributed by atoms with Gasteiger partial charge in [0.2, 0.25) is 0 Å². The zero-order chi connectivity index (χ0) is 14.1. The monoisotopic (exact) mass is 293 g/mol. The van der Waals surface area contributed by atoms with Gasteiger partial charge >= 0.3 is 5.69 Å². The van der Waals surface area contributed by atoms with Gasteiger partial charge in [0.25, 0.3) is 0 Å². The third-order valence-corrected chi connectivity index (χ3v) is 3.62. The third kappa shape index (κ3) is 2.37. The molecule has 1 aliphatic rings. The summed E-state index contributed by atoms with van der Waals surface area (Å²) in [5.41, 5.74) is 5.54. The van der Waals surface area contributed by atoms with E-state index in [9.17, 15) is 4.79 Å². The lowest BCUT2D eigenvalue weighted by atomic mass is 10.4. The first-order chi connectivity index (χ1) is 9.69. The van der Waals surface area contributed by atoms with Crippen LogP contribution in [0.25, 0.3) is 0 Å². The van der Waals surface area contributed by atoms with E-state index < -0.39 is 0 Å². The first-order valence-electron chi connectivity index (χ1n) is 5.84. The van der Waals surface area contributed by atoms with E-state index in [-0.39, 0.29) is 17.6 Å². The van der Waals surface area contributed by atoms with E-state index >= 15 is 0 Å². The standard InChI is InChI=1S/C10H11N7O2S/c11-7(16-19)6-3-4-12-8(13-6)20-10-15-14-9(18)17(10)5-1-2-5/h3-5,19H,1-2H2,(H2,11,16)(H,14,18). The Morgan fingerprint density at radius 3 is 3.10 bits per heavy atom. The van der Waals surface area contributed by atoms with Gasteiger partial charge < -0.3 is 10.9 Å². The molecule has 0 saturated heterocycles. The van der Waals surface area contributed by atoms with Crippen LogP contribution in [0.2, 0.25) is 0 Å². The smallest absolute Gasteiger partial charge is 0.344 e. The maximum atomic E-state index is 11.7. The van der Waals surface area contributed by atoms with E-state index in [1.807, 2.05) is 0 Å². The maximum absolute atomic E-state index is 11.7. The van der Waals surface area contributed by atoms with E-state index in [4.69, 9.17) is 10.9 Å². The van der Waals surface area contributed by atoms with Crippen LogP contribution in [0.5, 0.6) is 0 Å². The van der Waals surface area contributed by atoms with Crippen LogP contribution in [0.4, 0.5) is 0 Å². The summed E-state index contributed by atoms with van der Waals surface area (Å²) < 4.78 is 1.60. The Bertz CT molecular complexity index is 718. The molecule has 3 rings (SSSR count). The Kier molecular flexibility index (Phi) is 3.14. The normalized spacial score (nSPS) is 15.5. The number of hydrogen-bond acceptors (Lipinski definition) is 7. The SMILES string of the molecule is N/C(=N/O)c1ccnc(Sc2n[nH]c(=O)n2C2CC2)n1.